The second-order valence-electron chi connectivity index (χ2n) is 7.83. The summed E-state index contributed by atoms with van der Waals surface area (Å²) >= 11 is 6.53. The first-order valence-electron chi connectivity index (χ1n) is 10.4. The molecule has 0 aliphatic heterocycles. The molecule has 1 aliphatic carbocycles. The summed E-state index contributed by atoms with van der Waals surface area (Å²) in [5.74, 6) is -0.646. The predicted octanol–water partition coefficient (Wildman–Crippen LogP) is 5.18. The highest BCUT2D eigenvalue weighted by Crippen LogP contribution is 2.45. The van der Waals surface area contributed by atoms with Gasteiger partial charge in [0.2, 0.25) is 0 Å². The number of halogens is 1. The number of rotatable bonds is 11. The van der Waals surface area contributed by atoms with Crippen LogP contribution in [0.5, 0.6) is 0 Å². The Hall–Kier alpha value is -1.36. The lowest BCUT2D eigenvalue weighted by molar-refractivity contribution is -0.137. The number of aliphatic hydroxyl groups is 2. The number of unbranched alkanes of at least 4 members (excludes halogenated alkanes) is 2. The third-order valence-corrected chi connectivity index (χ3v) is 6.18. The van der Waals surface area contributed by atoms with Crippen molar-refractivity contribution in [2.24, 2.45) is 5.92 Å². The number of carbonyl (C=O) groups is 1. The van der Waals surface area contributed by atoms with Crippen LogP contribution >= 0.6 is 11.6 Å². The van der Waals surface area contributed by atoms with Crippen molar-refractivity contribution in [2.75, 3.05) is 0 Å². The summed E-state index contributed by atoms with van der Waals surface area (Å²) in [5.41, 5.74) is 1.98. The van der Waals surface area contributed by atoms with Gasteiger partial charge in [0, 0.05) is 17.7 Å². The van der Waals surface area contributed by atoms with Crippen molar-refractivity contribution >= 4 is 17.6 Å². The van der Waals surface area contributed by atoms with E-state index >= 15 is 0 Å². The van der Waals surface area contributed by atoms with E-state index in [1.165, 1.54) is 0 Å². The molecule has 0 amide bonds. The Labute approximate surface area is 173 Å². The van der Waals surface area contributed by atoms with Crippen molar-refractivity contribution in [3.63, 3.8) is 0 Å². The minimum absolute atomic E-state index is 0.0204. The van der Waals surface area contributed by atoms with Gasteiger partial charge in [-0.15, -0.1) is 11.6 Å². The summed E-state index contributed by atoms with van der Waals surface area (Å²) in [6.07, 6.45) is 8.90. The lowest BCUT2D eigenvalue weighted by Crippen LogP contribution is -2.18. The number of carboxylic acid groups (broad SMARTS) is 1. The van der Waals surface area contributed by atoms with Crippen LogP contribution in [0.2, 0.25) is 0 Å². The smallest absolute Gasteiger partial charge is 0.303 e. The van der Waals surface area contributed by atoms with Crippen LogP contribution in [-0.4, -0.2) is 32.8 Å². The lowest BCUT2D eigenvalue weighted by Gasteiger charge is -2.23. The molecule has 156 valence electrons. The molecule has 1 aromatic rings. The van der Waals surface area contributed by atoms with E-state index in [9.17, 15) is 15.0 Å². The Kier molecular flexibility index (Phi) is 9.49. The average molecular weight is 409 g/mol. The Morgan fingerprint density at radius 1 is 1.25 bits per heavy atom. The number of hydrogen-bond acceptors (Lipinski definition) is 3. The fraction of sp³-hybridized carbons (Fsp3) is 0.609. The maximum atomic E-state index is 10.6. The van der Waals surface area contributed by atoms with E-state index in [0.717, 1.165) is 43.2 Å². The van der Waals surface area contributed by atoms with E-state index in [-0.39, 0.29) is 23.6 Å². The zero-order valence-electron chi connectivity index (χ0n) is 16.6. The van der Waals surface area contributed by atoms with E-state index in [0.29, 0.717) is 12.8 Å². The molecule has 1 aromatic carbocycles. The zero-order valence-corrected chi connectivity index (χ0v) is 17.4. The van der Waals surface area contributed by atoms with Gasteiger partial charge in [-0.1, -0.05) is 56.2 Å². The Bertz CT molecular complexity index is 628. The molecule has 1 fully saturated rings. The molecule has 0 radical (unpaired) electrons. The second-order valence-corrected chi connectivity index (χ2v) is 8.39. The largest absolute Gasteiger partial charge is 0.481 e. The number of aliphatic hydroxyl groups excluding tert-OH is 2. The number of benzene rings is 1. The van der Waals surface area contributed by atoms with Gasteiger partial charge in [-0.05, 0) is 49.1 Å². The number of alkyl halides is 1. The summed E-state index contributed by atoms with van der Waals surface area (Å²) in [7, 11) is 0. The summed E-state index contributed by atoms with van der Waals surface area (Å²) in [5, 5.41) is 29.4. The lowest BCUT2D eigenvalue weighted by atomic mass is 9.84. The molecule has 0 saturated heterocycles. The maximum absolute atomic E-state index is 10.6. The topological polar surface area (TPSA) is 77.8 Å². The quantitative estimate of drug-likeness (QED) is 0.267. The standard InChI is InChI=1S/C23H33ClO4/c1-2-3-9-20(25)16-11-13-17(14-12-16)23-18(19(24)15-21(23)26)8-6-4-5-7-10-22(27)28/h4,6,11-14,18-21,23,25-26H,2-3,5,7-10,15H2,1H3,(H,27,28)/b6-4-/t18-,19+,20?,21+,23+/m0/s1. The summed E-state index contributed by atoms with van der Waals surface area (Å²) < 4.78 is 0. The van der Waals surface area contributed by atoms with E-state index in [2.05, 4.69) is 13.0 Å². The van der Waals surface area contributed by atoms with Gasteiger partial charge in [0.05, 0.1) is 12.2 Å². The molecule has 1 unspecified atom stereocenters. The SMILES string of the molecule is CCCCC(O)c1ccc([C@@H]2[C@@H](C/C=C\CCCC(=O)O)[C@H](Cl)C[C@H]2O)cc1. The van der Waals surface area contributed by atoms with Crippen molar-refractivity contribution < 1.29 is 20.1 Å². The van der Waals surface area contributed by atoms with Gasteiger partial charge in [-0.2, -0.15) is 0 Å². The van der Waals surface area contributed by atoms with Gasteiger partial charge < -0.3 is 15.3 Å². The van der Waals surface area contributed by atoms with Crippen LogP contribution in [0, 0.1) is 5.92 Å². The minimum Gasteiger partial charge on any atom is -0.481 e. The van der Waals surface area contributed by atoms with Crippen molar-refractivity contribution in [1.29, 1.82) is 0 Å². The van der Waals surface area contributed by atoms with Gasteiger partial charge in [0.1, 0.15) is 0 Å². The van der Waals surface area contributed by atoms with Crippen molar-refractivity contribution in [1.82, 2.24) is 0 Å². The molecule has 1 aliphatic rings. The molecule has 0 aromatic heterocycles. The Morgan fingerprint density at radius 2 is 1.96 bits per heavy atom. The Balaban J connectivity index is 1.99. The molecule has 5 heteroatoms. The average Bonchev–Trinajstić information content (AvgIpc) is 2.95. The number of allylic oxidation sites excluding steroid dienone is 2. The number of carboxylic acids is 1. The molecular weight excluding hydrogens is 376 g/mol. The number of aliphatic carboxylic acids is 1. The summed E-state index contributed by atoms with van der Waals surface area (Å²) in [6, 6.07) is 7.94. The van der Waals surface area contributed by atoms with Crippen LogP contribution in [0.4, 0.5) is 0 Å². The third-order valence-electron chi connectivity index (χ3n) is 5.68. The van der Waals surface area contributed by atoms with Crippen LogP contribution in [0.3, 0.4) is 0 Å². The first kappa shape index (κ1) is 22.9. The van der Waals surface area contributed by atoms with E-state index < -0.39 is 18.2 Å². The first-order valence-corrected chi connectivity index (χ1v) is 10.8. The van der Waals surface area contributed by atoms with Crippen LogP contribution < -0.4 is 0 Å². The van der Waals surface area contributed by atoms with Crippen LogP contribution in [0.15, 0.2) is 36.4 Å². The maximum Gasteiger partial charge on any atom is 0.303 e. The highest BCUT2D eigenvalue weighted by atomic mass is 35.5. The van der Waals surface area contributed by atoms with E-state index in [4.69, 9.17) is 16.7 Å². The molecular formula is C23H33ClO4. The fourth-order valence-electron chi connectivity index (χ4n) is 4.07. The monoisotopic (exact) mass is 408 g/mol. The molecule has 0 heterocycles. The highest BCUT2D eigenvalue weighted by molar-refractivity contribution is 6.21. The highest BCUT2D eigenvalue weighted by Gasteiger charge is 2.41. The molecule has 4 nitrogen and oxygen atoms in total. The molecule has 28 heavy (non-hydrogen) atoms. The first-order chi connectivity index (χ1) is 13.4. The van der Waals surface area contributed by atoms with Crippen molar-refractivity contribution in [2.45, 2.75) is 81.8 Å². The van der Waals surface area contributed by atoms with Gasteiger partial charge in [0.25, 0.3) is 0 Å². The van der Waals surface area contributed by atoms with E-state index in [1.807, 2.05) is 30.3 Å². The molecule has 0 spiro atoms. The second kappa shape index (κ2) is 11.6. The summed E-state index contributed by atoms with van der Waals surface area (Å²) in [4.78, 5) is 10.6. The van der Waals surface area contributed by atoms with Crippen molar-refractivity contribution in [3.8, 4) is 0 Å². The molecule has 5 atom stereocenters. The fourth-order valence-corrected chi connectivity index (χ4v) is 4.52. The van der Waals surface area contributed by atoms with Crippen LogP contribution in [-0.2, 0) is 4.79 Å². The van der Waals surface area contributed by atoms with Crippen LogP contribution in [0.1, 0.15) is 81.4 Å². The summed E-state index contributed by atoms with van der Waals surface area (Å²) in [6.45, 7) is 2.11. The zero-order chi connectivity index (χ0) is 20.5. The van der Waals surface area contributed by atoms with Gasteiger partial charge >= 0.3 is 5.97 Å². The van der Waals surface area contributed by atoms with Crippen molar-refractivity contribution in [3.05, 3.63) is 47.5 Å². The molecule has 3 N–H and O–H groups in total. The predicted molar refractivity (Wildman–Crippen MR) is 113 cm³/mol. The normalized spacial score (nSPS) is 26.0. The Morgan fingerprint density at radius 3 is 2.61 bits per heavy atom. The molecule has 2 rings (SSSR count). The van der Waals surface area contributed by atoms with Gasteiger partial charge in [-0.25, -0.2) is 0 Å². The number of hydrogen-bond donors (Lipinski definition) is 3. The molecule has 1 saturated carbocycles. The van der Waals surface area contributed by atoms with Gasteiger partial charge in [0.15, 0.2) is 0 Å². The molecule has 0 bridgehead atoms. The van der Waals surface area contributed by atoms with Crippen LogP contribution in [0.25, 0.3) is 0 Å². The van der Waals surface area contributed by atoms with E-state index in [1.54, 1.807) is 0 Å². The third kappa shape index (κ3) is 6.61. The minimum atomic E-state index is -0.767. The van der Waals surface area contributed by atoms with Gasteiger partial charge in [-0.3, -0.25) is 4.79 Å².